The van der Waals surface area contributed by atoms with Crippen LogP contribution in [0, 0.1) is 27.7 Å². The molecule has 0 fully saturated rings. The molecule has 66 heavy (non-hydrogen) atoms. The molecule has 0 unspecified atom stereocenters. The van der Waals surface area contributed by atoms with E-state index in [0.29, 0.717) is 0 Å². The standard InChI is InChI=1S/C64H50N2/c1-43-18-11-13-26-56(43)59-41-55(35-30-45(59)3)66-62-29-16-15-28-58(62)61-42-60(46(4)63(64(61)66)57-27-14-12-19-44(57)2)51-24-17-25-54(40-51)65(52-36-31-49(32-37-52)47-20-7-5-8-21-47)53-38-33-50(34-39-53)48-22-9-6-10-23-48/h5-42H,1-4H3. The topological polar surface area (TPSA) is 8.17 Å². The van der Waals surface area contributed by atoms with Gasteiger partial charge in [-0.05, 0) is 161 Å². The van der Waals surface area contributed by atoms with Gasteiger partial charge >= 0.3 is 0 Å². The summed E-state index contributed by atoms with van der Waals surface area (Å²) < 4.78 is 2.51. The van der Waals surface area contributed by atoms with Crippen LogP contribution in [-0.2, 0) is 0 Å². The first-order chi connectivity index (χ1) is 32.4. The van der Waals surface area contributed by atoms with Gasteiger partial charge in [-0.3, -0.25) is 0 Å². The molecule has 1 heterocycles. The quantitative estimate of drug-likeness (QED) is 0.140. The van der Waals surface area contributed by atoms with Crippen LogP contribution in [0.3, 0.4) is 0 Å². The second-order valence-corrected chi connectivity index (χ2v) is 17.5. The SMILES string of the molecule is Cc1ccccc1-c1cc(-n2c3ccccc3c3cc(-c4cccc(N(c5ccc(-c6ccccc6)cc5)c5ccc(-c6ccccc6)cc5)c4)c(C)c(-c4ccccc4C)c32)ccc1C. The minimum atomic E-state index is 1.09. The lowest BCUT2D eigenvalue weighted by Crippen LogP contribution is -2.10. The van der Waals surface area contributed by atoms with Gasteiger partial charge in [0.15, 0.2) is 0 Å². The highest BCUT2D eigenvalue weighted by Crippen LogP contribution is 2.46. The van der Waals surface area contributed by atoms with Crippen molar-refractivity contribution >= 4 is 38.9 Å². The molecule has 0 bridgehead atoms. The predicted octanol–water partition coefficient (Wildman–Crippen LogP) is 17.8. The maximum atomic E-state index is 2.51. The third-order valence-electron chi connectivity index (χ3n) is 13.4. The van der Waals surface area contributed by atoms with Gasteiger partial charge in [0, 0.05) is 39.1 Å². The minimum Gasteiger partial charge on any atom is -0.310 e. The molecule has 0 spiro atoms. The zero-order valence-electron chi connectivity index (χ0n) is 37.8. The van der Waals surface area contributed by atoms with Crippen molar-refractivity contribution in [2.45, 2.75) is 27.7 Å². The van der Waals surface area contributed by atoms with Gasteiger partial charge in [-0.1, -0.05) is 170 Å². The molecule has 0 atom stereocenters. The summed E-state index contributed by atoms with van der Waals surface area (Å²) in [7, 11) is 0. The summed E-state index contributed by atoms with van der Waals surface area (Å²) in [6.07, 6.45) is 0. The first-order valence-electron chi connectivity index (χ1n) is 22.9. The first kappa shape index (κ1) is 40.6. The van der Waals surface area contributed by atoms with Crippen LogP contribution in [0.15, 0.2) is 231 Å². The number of para-hydroxylation sites is 1. The van der Waals surface area contributed by atoms with Crippen LogP contribution < -0.4 is 4.90 Å². The fourth-order valence-corrected chi connectivity index (χ4v) is 10.0. The maximum absolute atomic E-state index is 2.51. The lowest BCUT2D eigenvalue weighted by atomic mass is 9.88. The Labute approximate surface area is 388 Å². The third kappa shape index (κ3) is 7.27. The molecule has 2 nitrogen and oxygen atoms in total. The Kier molecular flexibility index (Phi) is 10.5. The third-order valence-corrected chi connectivity index (χ3v) is 13.4. The molecular weight excluding hydrogens is 797 g/mol. The van der Waals surface area contributed by atoms with E-state index in [1.807, 2.05) is 0 Å². The average molecular weight is 847 g/mol. The number of anilines is 3. The van der Waals surface area contributed by atoms with Gasteiger partial charge < -0.3 is 9.47 Å². The molecule has 0 aliphatic rings. The van der Waals surface area contributed by atoms with E-state index >= 15 is 0 Å². The van der Waals surface area contributed by atoms with Gasteiger partial charge in [-0.15, -0.1) is 0 Å². The number of fused-ring (bicyclic) bond motifs is 3. The number of aromatic nitrogens is 1. The van der Waals surface area contributed by atoms with Crippen LogP contribution in [0.5, 0.6) is 0 Å². The summed E-state index contributed by atoms with van der Waals surface area (Å²) in [6.45, 7) is 9.00. The van der Waals surface area contributed by atoms with Crippen molar-refractivity contribution in [2.75, 3.05) is 4.90 Å². The van der Waals surface area contributed by atoms with Crippen LogP contribution in [0.2, 0.25) is 0 Å². The number of hydrogen-bond donors (Lipinski definition) is 0. The lowest BCUT2D eigenvalue weighted by Gasteiger charge is -2.27. The van der Waals surface area contributed by atoms with Crippen molar-refractivity contribution in [3.05, 3.63) is 253 Å². The fraction of sp³-hybridized carbons (Fsp3) is 0.0625. The Balaban J connectivity index is 1.12. The number of rotatable bonds is 9. The van der Waals surface area contributed by atoms with Crippen LogP contribution in [0.25, 0.3) is 83.1 Å². The molecule has 0 saturated carbocycles. The van der Waals surface area contributed by atoms with Crippen molar-refractivity contribution in [2.24, 2.45) is 0 Å². The molecule has 0 N–H and O–H groups in total. The van der Waals surface area contributed by atoms with Crippen LogP contribution in [0.1, 0.15) is 22.3 Å². The Morgan fingerprint density at radius 2 is 0.833 bits per heavy atom. The summed E-state index contributed by atoms with van der Waals surface area (Å²) in [5.74, 6) is 0. The van der Waals surface area contributed by atoms with E-state index in [1.54, 1.807) is 0 Å². The molecule has 10 aromatic carbocycles. The molecule has 1 aromatic heterocycles. The van der Waals surface area contributed by atoms with E-state index < -0.39 is 0 Å². The smallest absolute Gasteiger partial charge is 0.0622 e. The fourth-order valence-electron chi connectivity index (χ4n) is 10.0. The predicted molar refractivity (Wildman–Crippen MR) is 282 cm³/mol. The molecule has 0 amide bonds. The zero-order chi connectivity index (χ0) is 44.7. The van der Waals surface area contributed by atoms with E-state index in [2.05, 4.69) is 268 Å². The number of benzene rings is 10. The van der Waals surface area contributed by atoms with Crippen molar-refractivity contribution < 1.29 is 0 Å². The molecule has 11 rings (SSSR count). The summed E-state index contributed by atoms with van der Waals surface area (Å²) in [6, 6.07) is 84.2. The Morgan fingerprint density at radius 1 is 0.318 bits per heavy atom. The van der Waals surface area contributed by atoms with Crippen LogP contribution in [0.4, 0.5) is 17.1 Å². The normalized spacial score (nSPS) is 11.3. The van der Waals surface area contributed by atoms with E-state index in [9.17, 15) is 0 Å². The van der Waals surface area contributed by atoms with Crippen LogP contribution >= 0.6 is 0 Å². The molecule has 0 aliphatic carbocycles. The largest absolute Gasteiger partial charge is 0.310 e. The summed E-state index contributed by atoms with van der Waals surface area (Å²) in [5.41, 5.74) is 24.1. The Bertz CT molecular complexity index is 3460. The highest BCUT2D eigenvalue weighted by Gasteiger charge is 2.24. The summed E-state index contributed by atoms with van der Waals surface area (Å²) in [4.78, 5) is 2.39. The van der Waals surface area contributed by atoms with Crippen LogP contribution in [-0.4, -0.2) is 4.57 Å². The van der Waals surface area contributed by atoms with E-state index in [4.69, 9.17) is 0 Å². The summed E-state index contributed by atoms with van der Waals surface area (Å²) in [5, 5.41) is 2.47. The number of nitrogens with zero attached hydrogens (tertiary/aromatic N) is 2. The molecule has 0 saturated heterocycles. The highest BCUT2D eigenvalue weighted by atomic mass is 15.1. The second-order valence-electron chi connectivity index (χ2n) is 17.5. The molecule has 0 radical (unpaired) electrons. The lowest BCUT2D eigenvalue weighted by molar-refractivity contribution is 1.17. The average Bonchev–Trinajstić information content (AvgIpc) is 3.69. The van der Waals surface area contributed by atoms with Crippen molar-refractivity contribution in [1.82, 2.24) is 4.57 Å². The maximum Gasteiger partial charge on any atom is 0.0622 e. The second kappa shape index (κ2) is 17.1. The highest BCUT2D eigenvalue weighted by molar-refractivity contribution is 6.16. The van der Waals surface area contributed by atoms with Gasteiger partial charge in [0.2, 0.25) is 0 Å². The van der Waals surface area contributed by atoms with Crippen molar-refractivity contribution in [1.29, 1.82) is 0 Å². The van der Waals surface area contributed by atoms with Gasteiger partial charge in [0.05, 0.1) is 11.0 Å². The molecular formula is C64H50N2. The van der Waals surface area contributed by atoms with E-state index in [1.165, 1.54) is 99.7 Å². The molecule has 11 aromatic rings. The monoisotopic (exact) mass is 846 g/mol. The zero-order valence-corrected chi connectivity index (χ0v) is 37.8. The molecule has 316 valence electrons. The van der Waals surface area contributed by atoms with E-state index in [0.717, 1.165) is 22.7 Å². The minimum absolute atomic E-state index is 1.09. The van der Waals surface area contributed by atoms with E-state index in [-0.39, 0.29) is 0 Å². The Hall–Kier alpha value is -8.20. The number of aryl methyl sites for hydroxylation is 3. The van der Waals surface area contributed by atoms with Gasteiger partial charge in [-0.25, -0.2) is 0 Å². The number of hydrogen-bond acceptors (Lipinski definition) is 1. The van der Waals surface area contributed by atoms with Crippen molar-refractivity contribution in [3.63, 3.8) is 0 Å². The molecule has 2 heteroatoms. The van der Waals surface area contributed by atoms with Gasteiger partial charge in [0.1, 0.15) is 0 Å². The van der Waals surface area contributed by atoms with Gasteiger partial charge in [-0.2, -0.15) is 0 Å². The summed E-state index contributed by atoms with van der Waals surface area (Å²) >= 11 is 0. The first-order valence-corrected chi connectivity index (χ1v) is 22.9. The van der Waals surface area contributed by atoms with Gasteiger partial charge in [0.25, 0.3) is 0 Å². The molecule has 0 aliphatic heterocycles. The van der Waals surface area contributed by atoms with Crippen molar-refractivity contribution in [3.8, 4) is 61.3 Å². The Morgan fingerprint density at radius 3 is 1.45 bits per heavy atom.